The fourth-order valence-electron chi connectivity index (χ4n) is 6.19. The molecule has 2 aromatic carbocycles. The molecule has 2 aliphatic rings. The number of esters is 1. The first-order valence-corrected chi connectivity index (χ1v) is 14.0. The van der Waals surface area contributed by atoms with Crippen molar-refractivity contribution in [3.63, 3.8) is 0 Å². The summed E-state index contributed by atoms with van der Waals surface area (Å²) in [5, 5.41) is 0. The number of pyridine rings is 1. The molecule has 1 aliphatic carbocycles. The fraction of sp³-hybridized carbons (Fsp3) is 0.455. The molecule has 0 spiro atoms. The number of carbonyl (C=O) groups excluding carboxylic acids is 1. The molecule has 0 radical (unpaired) electrons. The largest absolute Gasteiger partial charge is 0.493 e. The van der Waals surface area contributed by atoms with Crippen LogP contribution in [0.4, 0.5) is 10.1 Å². The average molecular weight is 531 g/mol. The number of hydrogen-bond acceptors (Lipinski definition) is 5. The number of aryl methyl sites for hydroxylation is 2. The van der Waals surface area contributed by atoms with Gasteiger partial charge in [-0.25, -0.2) is 4.39 Å². The number of rotatable bonds is 9. The number of anilines is 1. The van der Waals surface area contributed by atoms with Gasteiger partial charge in [-0.2, -0.15) is 0 Å². The Balaban J connectivity index is 1.42. The monoisotopic (exact) mass is 530 g/mol. The van der Waals surface area contributed by atoms with Crippen molar-refractivity contribution in [2.24, 2.45) is 17.3 Å². The molecular formula is C33H39FN2O3. The smallest absolute Gasteiger partial charge is 0.310 e. The Kier molecular flexibility index (Phi) is 7.41. The second kappa shape index (κ2) is 10.6. The lowest BCUT2D eigenvalue weighted by atomic mass is 9.94. The zero-order valence-corrected chi connectivity index (χ0v) is 23.9. The minimum Gasteiger partial charge on any atom is -0.493 e. The predicted molar refractivity (Wildman–Crippen MR) is 153 cm³/mol. The van der Waals surface area contributed by atoms with Gasteiger partial charge < -0.3 is 14.4 Å². The maximum absolute atomic E-state index is 13.2. The number of carbonyl (C=O) groups is 1. The highest BCUT2D eigenvalue weighted by Crippen LogP contribution is 2.63. The fourth-order valence-corrected chi connectivity index (χ4v) is 6.19. The first-order chi connectivity index (χ1) is 18.5. The van der Waals surface area contributed by atoms with E-state index in [2.05, 4.69) is 37.8 Å². The number of fused-ring (bicyclic) bond motifs is 1. The molecule has 0 bridgehead atoms. The van der Waals surface area contributed by atoms with E-state index >= 15 is 0 Å². The van der Waals surface area contributed by atoms with Crippen LogP contribution in [0.3, 0.4) is 0 Å². The molecule has 2 fully saturated rings. The topological polar surface area (TPSA) is 51.7 Å². The molecule has 1 saturated carbocycles. The van der Waals surface area contributed by atoms with E-state index in [1.54, 1.807) is 12.1 Å². The van der Waals surface area contributed by atoms with Crippen LogP contribution >= 0.6 is 0 Å². The van der Waals surface area contributed by atoms with Gasteiger partial charge in [0.15, 0.2) is 0 Å². The molecule has 5 rings (SSSR count). The quantitative estimate of drug-likeness (QED) is 0.288. The Hall–Kier alpha value is -3.41. The van der Waals surface area contributed by atoms with E-state index in [1.165, 1.54) is 12.1 Å². The highest BCUT2D eigenvalue weighted by Gasteiger charge is 2.62. The Labute approximate surface area is 231 Å². The molecule has 206 valence electrons. The van der Waals surface area contributed by atoms with Crippen molar-refractivity contribution in [2.75, 3.05) is 24.6 Å². The summed E-state index contributed by atoms with van der Waals surface area (Å²) in [4.78, 5) is 20.2. The van der Waals surface area contributed by atoms with Gasteiger partial charge in [0.1, 0.15) is 11.6 Å². The number of hydrogen-bond donors (Lipinski definition) is 0. The van der Waals surface area contributed by atoms with E-state index < -0.39 is 0 Å². The number of nitrogens with zero attached hydrogens (tertiary/aromatic N) is 2. The zero-order valence-electron chi connectivity index (χ0n) is 23.9. The third-order valence-corrected chi connectivity index (χ3v) is 8.50. The molecule has 1 aliphatic heterocycles. The van der Waals surface area contributed by atoms with Crippen LogP contribution in [-0.4, -0.2) is 36.8 Å². The van der Waals surface area contributed by atoms with Gasteiger partial charge in [0.2, 0.25) is 0 Å². The van der Waals surface area contributed by atoms with Gasteiger partial charge in [-0.15, -0.1) is 0 Å². The summed E-state index contributed by atoms with van der Waals surface area (Å²) in [6.45, 7) is 15.0. The first-order valence-electron chi connectivity index (χ1n) is 14.0. The Morgan fingerprint density at radius 2 is 1.67 bits per heavy atom. The molecule has 2 atom stereocenters. The molecule has 1 saturated heterocycles. The second-order valence-electron chi connectivity index (χ2n) is 11.9. The maximum atomic E-state index is 13.2. The van der Waals surface area contributed by atoms with Crippen LogP contribution in [-0.2, 0) is 22.4 Å². The van der Waals surface area contributed by atoms with E-state index in [0.717, 1.165) is 58.2 Å². The molecule has 6 heteroatoms. The molecule has 2 unspecified atom stereocenters. The van der Waals surface area contributed by atoms with E-state index in [9.17, 15) is 9.18 Å². The van der Waals surface area contributed by atoms with E-state index in [4.69, 9.17) is 14.5 Å². The normalized spacial score (nSPS) is 19.2. The third-order valence-electron chi connectivity index (χ3n) is 8.50. The van der Waals surface area contributed by atoms with Crippen LogP contribution in [0, 0.1) is 36.9 Å². The van der Waals surface area contributed by atoms with Gasteiger partial charge in [0.05, 0.1) is 24.8 Å². The summed E-state index contributed by atoms with van der Waals surface area (Å²) in [7, 11) is 0. The van der Waals surface area contributed by atoms with Crippen molar-refractivity contribution in [3.8, 4) is 16.9 Å². The van der Waals surface area contributed by atoms with Crippen molar-refractivity contribution in [1.82, 2.24) is 4.98 Å². The average Bonchev–Trinajstić information content (AvgIpc) is 3.18. The highest BCUT2D eigenvalue weighted by atomic mass is 19.1. The lowest BCUT2D eigenvalue weighted by Crippen LogP contribution is -2.29. The Bertz CT molecular complexity index is 1330. The molecule has 0 amide bonds. The molecular weight excluding hydrogens is 491 g/mol. The standard InChI is InChI=1S/C33H39FN2O3/c1-20(2)39-30(37)17-27-21(3)35-22(4)31(32(27)36-18-28-29(19-36)33(28,5)6)24-9-13-26(14-10-24)38-16-15-23-7-11-25(34)12-8-23/h7-14,20,28-29H,15-19H2,1-6H3. The van der Waals surface area contributed by atoms with Crippen molar-refractivity contribution in [2.45, 2.75) is 60.5 Å². The van der Waals surface area contributed by atoms with E-state index in [1.807, 2.05) is 32.9 Å². The summed E-state index contributed by atoms with van der Waals surface area (Å²) >= 11 is 0. The van der Waals surface area contributed by atoms with Gasteiger partial charge >= 0.3 is 5.97 Å². The number of piperidine rings is 1. The summed E-state index contributed by atoms with van der Waals surface area (Å²) < 4.78 is 24.7. The lowest BCUT2D eigenvalue weighted by molar-refractivity contribution is -0.146. The predicted octanol–water partition coefficient (Wildman–Crippen LogP) is 6.71. The molecule has 1 aromatic heterocycles. The highest BCUT2D eigenvalue weighted by molar-refractivity contribution is 5.87. The third kappa shape index (κ3) is 5.66. The van der Waals surface area contributed by atoms with Crippen molar-refractivity contribution in [3.05, 3.63) is 76.9 Å². The zero-order chi connectivity index (χ0) is 27.9. The molecule has 39 heavy (non-hydrogen) atoms. The Morgan fingerprint density at radius 3 is 2.28 bits per heavy atom. The van der Waals surface area contributed by atoms with Crippen molar-refractivity contribution in [1.29, 1.82) is 0 Å². The van der Waals surface area contributed by atoms with Gasteiger partial charge in [0, 0.05) is 42.0 Å². The number of benzene rings is 2. The van der Waals surface area contributed by atoms with E-state index in [0.29, 0.717) is 30.3 Å². The number of ether oxygens (including phenoxy) is 2. The molecule has 2 heterocycles. The molecule has 0 N–H and O–H groups in total. The van der Waals surface area contributed by atoms with Gasteiger partial charge in [0.25, 0.3) is 0 Å². The van der Waals surface area contributed by atoms with Gasteiger partial charge in [-0.05, 0) is 80.3 Å². The van der Waals surface area contributed by atoms with Gasteiger partial charge in [-0.3, -0.25) is 9.78 Å². The summed E-state index contributed by atoms with van der Waals surface area (Å²) in [6, 6.07) is 14.6. The van der Waals surface area contributed by atoms with Crippen LogP contribution in [0.25, 0.3) is 11.1 Å². The SMILES string of the molecule is Cc1nc(C)c(-c2ccc(OCCc3ccc(F)cc3)cc2)c(N2CC3C(C2)C3(C)C)c1CC(=O)OC(C)C. The van der Waals surface area contributed by atoms with Crippen LogP contribution < -0.4 is 9.64 Å². The molecule has 3 aromatic rings. The van der Waals surface area contributed by atoms with Crippen LogP contribution in [0.5, 0.6) is 5.75 Å². The minimum atomic E-state index is -0.231. The van der Waals surface area contributed by atoms with Crippen LogP contribution in [0.1, 0.15) is 50.2 Å². The van der Waals surface area contributed by atoms with Gasteiger partial charge in [-0.1, -0.05) is 38.1 Å². The summed E-state index contributed by atoms with van der Waals surface area (Å²) in [5.74, 6) is 1.67. The van der Waals surface area contributed by atoms with Crippen LogP contribution in [0.2, 0.25) is 0 Å². The minimum absolute atomic E-state index is 0.157. The van der Waals surface area contributed by atoms with E-state index in [-0.39, 0.29) is 24.3 Å². The molecule has 5 nitrogen and oxygen atoms in total. The summed E-state index contributed by atoms with van der Waals surface area (Å²) in [5.41, 5.74) is 7.46. The lowest BCUT2D eigenvalue weighted by Gasteiger charge is -2.30. The second-order valence-corrected chi connectivity index (χ2v) is 11.9. The number of halogens is 1. The number of aromatic nitrogens is 1. The van der Waals surface area contributed by atoms with Crippen LogP contribution in [0.15, 0.2) is 48.5 Å². The maximum Gasteiger partial charge on any atom is 0.310 e. The summed E-state index contributed by atoms with van der Waals surface area (Å²) in [6.07, 6.45) is 0.755. The first kappa shape index (κ1) is 27.2. The Morgan fingerprint density at radius 1 is 1.03 bits per heavy atom. The van der Waals surface area contributed by atoms with Crippen molar-refractivity contribution < 1.29 is 18.7 Å². The van der Waals surface area contributed by atoms with Crippen molar-refractivity contribution >= 4 is 11.7 Å².